The van der Waals surface area contributed by atoms with E-state index in [1.54, 1.807) is 41.5 Å². The molecule has 0 aliphatic carbocycles. The van der Waals surface area contributed by atoms with E-state index < -0.39 is 28.6 Å². The highest BCUT2D eigenvalue weighted by atomic mass is 16.6. The van der Waals surface area contributed by atoms with Gasteiger partial charge in [0.2, 0.25) is 5.60 Å². The lowest BCUT2D eigenvalue weighted by atomic mass is 9.96. The van der Waals surface area contributed by atoms with Gasteiger partial charge in [0.05, 0.1) is 5.41 Å². The molecular formula is C13H24O4. The molecule has 0 saturated carbocycles. The third-order valence-corrected chi connectivity index (χ3v) is 1.85. The number of hydrogen-bond acceptors (Lipinski definition) is 4. The van der Waals surface area contributed by atoms with Crippen molar-refractivity contribution >= 4 is 11.9 Å². The Labute approximate surface area is 104 Å². The fraction of sp³-hybridized carbons (Fsp3) is 0.846. The van der Waals surface area contributed by atoms with Crippen LogP contribution in [0.15, 0.2) is 0 Å². The molecule has 17 heavy (non-hydrogen) atoms. The van der Waals surface area contributed by atoms with E-state index in [2.05, 4.69) is 0 Å². The maximum absolute atomic E-state index is 11.8. The van der Waals surface area contributed by atoms with Gasteiger partial charge in [-0.05, 0) is 55.4 Å². The summed E-state index contributed by atoms with van der Waals surface area (Å²) in [6.45, 7) is 13.6. The SMILES string of the molecule is CC(C)(C)OC(=O)C(C)(C)OC(=O)C(C)(C)C. The second kappa shape index (κ2) is 4.67. The van der Waals surface area contributed by atoms with Crippen LogP contribution in [0.2, 0.25) is 0 Å². The molecule has 0 amide bonds. The summed E-state index contributed by atoms with van der Waals surface area (Å²) in [4.78, 5) is 23.6. The molecule has 100 valence electrons. The molecule has 4 nitrogen and oxygen atoms in total. The van der Waals surface area contributed by atoms with Gasteiger partial charge < -0.3 is 9.47 Å². The lowest BCUT2D eigenvalue weighted by Gasteiger charge is -2.30. The van der Waals surface area contributed by atoms with Gasteiger partial charge in [-0.2, -0.15) is 0 Å². The summed E-state index contributed by atoms with van der Waals surface area (Å²) in [5.74, 6) is -0.962. The molecule has 0 radical (unpaired) electrons. The summed E-state index contributed by atoms with van der Waals surface area (Å²) in [6, 6.07) is 0. The zero-order valence-electron chi connectivity index (χ0n) is 12.1. The van der Waals surface area contributed by atoms with E-state index in [4.69, 9.17) is 9.47 Å². The first kappa shape index (κ1) is 15.9. The summed E-state index contributed by atoms with van der Waals surface area (Å²) < 4.78 is 10.4. The van der Waals surface area contributed by atoms with Crippen LogP contribution in [0.4, 0.5) is 0 Å². The summed E-state index contributed by atoms with van der Waals surface area (Å²) in [5.41, 5.74) is -2.50. The van der Waals surface area contributed by atoms with Gasteiger partial charge in [-0.25, -0.2) is 4.79 Å². The van der Waals surface area contributed by atoms with Gasteiger partial charge in [0, 0.05) is 0 Å². The van der Waals surface area contributed by atoms with Gasteiger partial charge in [-0.3, -0.25) is 4.79 Å². The average molecular weight is 244 g/mol. The maximum Gasteiger partial charge on any atom is 0.350 e. The molecule has 0 fully saturated rings. The third-order valence-electron chi connectivity index (χ3n) is 1.85. The quantitative estimate of drug-likeness (QED) is 0.701. The fourth-order valence-electron chi connectivity index (χ4n) is 0.827. The molecule has 0 spiro atoms. The molecule has 0 N–H and O–H groups in total. The van der Waals surface area contributed by atoms with Crippen LogP contribution in [-0.4, -0.2) is 23.1 Å². The molecule has 0 aliphatic heterocycles. The van der Waals surface area contributed by atoms with Crippen LogP contribution < -0.4 is 0 Å². The van der Waals surface area contributed by atoms with Crippen molar-refractivity contribution in [2.45, 2.75) is 66.6 Å². The molecule has 0 unspecified atom stereocenters. The van der Waals surface area contributed by atoms with Crippen LogP contribution in [0, 0.1) is 5.41 Å². The normalized spacial score (nSPS) is 13.2. The standard InChI is InChI=1S/C13H24O4/c1-11(2,3)9(14)17-13(7,8)10(15)16-12(4,5)6/h1-8H3. The fourth-order valence-corrected chi connectivity index (χ4v) is 0.827. The second-order valence-electron chi connectivity index (χ2n) is 6.65. The molecule has 0 aromatic carbocycles. The zero-order chi connectivity index (χ0) is 14.1. The Morgan fingerprint density at radius 1 is 0.706 bits per heavy atom. The number of hydrogen-bond donors (Lipinski definition) is 0. The van der Waals surface area contributed by atoms with Crippen molar-refractivity contribution in [3.8, 4) is 0 Å². The number of carbonyl (C=O) groups excluding carboxylic acids is 2. The Hall–Kier alpha value is -1.06. The topological polar surface area (TPSA) is 52.6 Å². The van der Waals surface area contributed by atoms with Crippen LogP contribution in [0.25, 0.3) is 0 Å². The van der Waals surface area contributed by atoms with E-state index in [1.807, 2.05) is 0 Å². The van der Waals surface area contributed by atoms with Gasteiger partial charge >= 0.3 is 11.9 Å². The van der Waals surface area contributed by atoms with Crippen molar-refractivity contribution in [2.24, 2.45) is 5.41 Å². The van der Waals surface area contributed by atoms with Crippen molar-refractivity contribution in [1.82, 2.24) is 0 Å². The van der Waals surface area contributed by atoms with Gasteiger partial charge in [-0.15, -0.1) is 0 Å². The monoisotopic (exact) mass is 244 g/mol. The Morgan fingerprint density at radius 2 is 1.12 bits per heavy atom. The summed E-state index contributed by atoms with van der Waals surface area (Å²) in [6.07, 6.45) is 0. The van der Waals surface area contributed by atoms with E-state index in [1.165, 1.54) is 13.8 Å². The van der Waals surface area contributed by atoms with Crippen LogP contribution in [0.3, 0.4) is 0 Å². The summed E-state index contributed by atoms with van der Waals surface area (Å²) in [7, 11) is 0. The predicted octanol–water partition coefficient (Wildman–Crippen LogP) is 2.70. The van der Waals surface area contributed by atoms with E-state index in [9.17, 15) is 9.59 Å². The highest BCUT2D eigenvalue weighted by Gasteiger charge is 2.39. The van der Waals surface area contributed by atoms with E-state index in [0.717, 1.165) is 0 Å². The minimum atomic E-state index is -1.27. The lowest BCUT2D eigenvalue weighted by molar-refractivity contribution is -0.190. The van der Waals surface area contributed by atoms with Gasteiger partial charge in [0.1, 0.15) is 5.60 Å². The first-order valence-electron chi connectivity index (χ1n) is 5.72. The highest BCUT2D eigenvalue weighted by molar-refractivity contribution is 5.84. The molecule has 0 aliphatic rings. The predicted molar refractivity (Wildman–Crippen MR) is 65.5 cm³/mol. The maximum atomic E-state index is 11.8. The third kappa shape index (κ3) is 5.71. The van der Waals surface area contributed by atoms with Crippen LogP contribution in [-0.2, 0) is 19.1 Å². The van der Waals surface area contributed by atoms with Crippen LogP contribution in [0.1, 0.15) is 55.4 Å². The van der Waals surface area contributed by atoms with Crippen molar-refractivity contribution in [2.75, 3.05) is 0 Å². The first-order chi connectivity index (χ1) is 7.26. The number of esters is 2. The number of rotatable bonds is 2. The smallest absolute Gasteiger partial charge is 0.350 e. The summed E-state index contributed by atoms with van der Waals surface area (Å²) >= 11 is 0. The molecule has 0 aromatic rings. The average Bonchev–Trinajstić information content (AvgIpc) is 1.97. The second-order valence-corrected chi connectivity index (χ2v) is 6.65. The Morgan fingerprint density at radius 3 is 1.41 bits per heavy atom. The molecule has 4 heteroatoms. The first-order valence-corrected chi connectivity index (χ1v) is 5.72. The van der Waals surface area contributed by atoms with Gasteiger partial charge in [0.15, 0.2) is 0 Å². The van der Waals surface area contributed by atoms with Crippen molar-refractivity contribution in [3.63, 3.8) is 0 Å². The van der Waals surface area contributed by atoms with Crippen molar-refractivity contribution < 1.29 is 19.1 Å². The molecule has 0 bridgehead atoms. The molecule has 0 atom stereocenters. The Bertz CT molecular complexity index is 302. The largest absolute Gasteiger partial charge is 0.457 e. The Balaban J connectivity index is 4.70. The molecule has 0 aromatic heterocycles. The van der Waals surface area contributed by atoms with Gasteiger partial charge in [0.25, 0.3) is 0 Å². The Kier molecular flexibility index (Phi) is 4.38. The van der Waals surface area contributed by atoms with E-state index in [0.29, 0.717) is 0 Å². The van der Waals surface area contributed by atoms with Crippen molar-refractivity contribution in [1.29, 1.82) is 0 Å². The number of carbonyl (C=O) groups is 2. The molecule has 0 rings (SSSR count). The summed E-state index contributed by atoms with van der Waals surface area (Å²) in [5, 5.41) is 0. The zero-order valence-corrected chi connectivity index (χ0v) is 12.1. The van der Waals surface area contributed by atoms with Crippen LogP contribution >= 0.6 is 0 Å². The molecular weight excluding hydrogens is 220 g/mol. The number of ether oxygens (including phenoxy) is 2. The molecule has 0 heterocycles. The minimum absolute atomic E-state index is 0.423. The van der Waals surface area contributed by atoms with Gasteiger partial charge in [-0.1, -0.05) is 0 Å². The van der Waals surface area contributed by atoms with Crippen molar-refractivity contribution in [3.05, 3.63) is 0 Å². The highest BCUT2D eigenvalue weighted by Crippen LogP contribution is 2.23. The van der Waals surface area contributed by atoms with E-state index >= 15 is 0 Å². The minimum Gasteiger partial charge on any atom is -0.457 e. The lowest BCUT2D eigenvalue weighted by Crippen LogP contribution is -2.44. The molecule has 0 saturated heterocycles. The van der Waals surface area contributed by atoms with Crippen LogP contribution in [0.5, 0.6) is 0 Å². The van der Waals surface area contributed by atoms with E-state index in [-0.39, 0.29) is 0 Å².